The number of benzene rings is 2. The average Bonchev–Trinajstić information content (AvgIpc) is 3.26. The number of rotatable bonds is 9. The highest BCUT2D eigenvalue weighted by Crippen LogP contribution is 2.49. The SMILES string of the molecule is Cc1ccc(-c2c([C@H](OC(C)(C)C)C(=O)O)c(C)c3c4c2cc(C)n4CCN3c2ncc(CCCN(C)C)cn2)cc1. The Hall–Kier alpha value is -3.75. The highest BCUT2D eigenvalue weighted by atomic mass is 16.5. The fourth-order valence-corrected chi connectivity index (χ4v) is 6.05. The third-order valence-electron chi connectivity index (χ3n) is 7.95. The molecule has 0 bridgehead atoms. The normalized spacial score (nSPS) is 14.2. The number of hydrogen-bond donors (Lipinski definition) is 1. The van der Waals surface area contributed by atoms with Gasteiger partial charge in [0.15, 0.2) is 6.10 Å². The predicted octanol–water partition coefficient (Wildman–Crippen LogP) is 6.61. The lowest BCUT2D eigenvalue weighted by molar-refractivity contribution is -0.160. The van der Waals surface area contributed by atoms with Crippen LogP contribution in [0.4, 0.5) is 11.6 Å². The maximum absolute atomic E-state index is 12.9. The third-order valence-corrected chi connectivity index (χ3v) is 7.95. The minimum absolute atomic E-state index is 0.624. The van der Waals surface area contributed by atoms with Crippen LogP contribution in [0.25, 0.3) is 22.0 Å². The van der Waals surface area contributed by atoms with Crippen molar-refractivity contribution in [2.24, 2.45) is 0 Å². The standard InChI is InChI=1S/C34H43N5O3/c1-21-11-13-25(14-12-21)28-26-18-22(2)38-16-17-39(33-35-19-24(20-36-33)10-9-15-37(7)8)29(30(26)38)23(3)27(28)31(32(40)41)42-34(4,5)6/h11-14,18-20,31H,9-10,15-17H2,1-8H3,(H,40,41)/t31-/m0/s1. The molecule has 8 heteroatoms. The van der Waals surface area contributed by atoms with Crippen molar-refractivity contribution in [2.75, 3.05) is 32.1 Å². The summed E-state index contributed by atoms with van der Waals surface area (Å²) in [7, 11) is 4.16. The van der Waals surface area contributed by atoms with E-state index in [1.165, 1.54) is 0 Å². The largest absolute Gasteiger partial charge is 0.479 e. The van der Waals surface area contributed by atoms with Crippen molar-refractivity contribution in [3.63, 3.8) is 0 Å². The van der Waals surface area contributed by atoms with Gasteiger partial charge in [0.05, 0.1) is 16.8 Å². The Kier molecular flexibility index (Phi) is 8.14. The second kappa shape index (κ2) is 11.5. The van der Waals surface area contributed by atoms with Gasteiger partial charge in [-0.2, -0.15) is 0 Å². The first-order valence-electron chi connectivity index (χ1n) is 14.7. The smallest absolute Gasteiger partial charge is 0.337 e. The molecule has 42 heavy (non-hydrogen) atoms. The van der Waals surface area contributed by atoms with E-state index in [-0.39, 0.29) is 0 Å². The monoisotopic (exact) mass is 569 g/mol. The van der Waals surface area contributed by atoms with Crippen LogP contribution in [0.1, 0.15) is 61.2 Å². The van der Waals surface area contributed by atoms with E-state index in [2.05, 4.69) is 72.6 Å². The number of aryl methyl sites for hydroxylation is 3. The van der Waals surface area contributed by atoms with Gasteiger partial charge in [0.2, 0.25) is 5.95 Å². The zero-order chi connectivity index (χ0) is 30.3. The molecule has 1 atom stereocenters. The number of aliphatic carboxylic acids is 1. The Morgan fingerprint density at radius 2 is 1.74 bits per heavy atom. The molecule has 2 aromatic carbocycles. The Morgan fingerprint density at radius 1 is 1.07 bits per heavy atom. The van der Waals surface area contributed by atoms with E-state index in [1.807, 2.05) is 40.1 Å². The molecule has 222 valence electrons. The van der Waals surface area contributed by atoms with Crippen LogP contribution in [0.5, 0.6) is 0 Å². The molecule has 0 fully saturated rings. The lowest BCUT2D eigenvalue weighted by Crippen LogP contribution is -2.32. The molecule has 1 aliphatic heterocycles. The molecule has 3 heterocycles. The van der Waals surface area contributed by atoms with E-state index >= 15 is 0 Å². The summed E-state index contributed by atoms with van der Waals surface area (Å²) in [5.74, 6) is -0.386. The van der Waals surface area contributed by atoms with Gasteiger partial charge in [0, 0.05) is 42.1 Å². The van der Waals surface area contributed by atoms with Gasteiger partial charge in [-0.3, -0.25) is 0 Å². The molecule has 0 radical (unpaired) electrons. The third kappa shape index (κ3) is 5.78. The number of nitrogens with zero attached hydrogens (tertiary/aromatic N) is 5. The minimum atomic E-state index is -1.16. The van der Waals surface area contributed by atoms with Gasteiger partial charge in [0.25, 0.3) is 0 Å². The van der Waals surface area contributed by atoms with Crippen LogP contribution in [0.2, 0.25) is 0 Å². The van der Waals surface area contributed by atoms with Gasteiger partial charge in [-0.05, 0) is 103 Å². The van der Waals surface area contributed by atoms with Crippen LogP contribution in [0.15, 0.2) is 42.7 Å². The van der Waals surface area contributed by atoms with Crippen molar-refractivity contribution < 1.29 is 14.6 Å². The van der Waals surface area contributed by atoms with E-state index in [9.17, 15) is 9.90 Å². The Bertz CT molecular complexity index is 1600. The van der Waals surface area contributed by atoms with E-state index < -0.39 is 17.7 Å². The van der Waals surface area contributed by atoms with E-state index in [0.717, 1.165) is 76.0 Å². The second-order valence-corrected chi connectivity index (χ2v) is 12.7. The molecule has 0 saturated carbocycles. The Labute approximate surface area is 249 Å². The summed E-state index contributed by atoms with van der Waals surface area (Å²) in [5.41, 5.74) is 8.17. The Morgan fingerprint density at radius 3 is 2.33 bits per heavy atom. The topological polar surface area (TPSA) is 83.7 Å². The number of carboxylic acids is 1. The highest BCUT2D eigenvalue weighted by molar-refractivity contribution is 6.08. The van der Waals surface area contributed by atoms with Crippen molar-refractivity contribution in [2.45, 2.75) is 72.6 Å². The zero-order valence-electron chi connectivity index (χ0n) is 26.2. The first-order chi connectivity index (χ1) is 19.9. The molecule has 0 amide bonds. The summed E-state index contributed by atoms with van der Waals surface area (Å²) in [4.78, 5) is 26.9. The van der Waals surface area contributed by atoms with Crippen LogP contribution in [-0.2, 0) is 22.5 Å². The first kappa shape index (κ1) is 29.7. The first-order valence-corrected chi connectivity index (χ1v) is 14.7. The lowest BCUT2D eigenvalue weighted by atomic mass is 9.87. The quantitative estimate of drug-likeness (QED) is 0.243. The molecule has 1 N–H and O–H groups in total. The number of carboxylic acid groups (broad SMARTS) is 1. The molecule has 0 spiro atoms. The van der Waals surface area contributed by atoms with Crippen LogP contribution in [-0.4, -0.2) is 63.3 Å². The molecule has 2 aromatic heterocycles. The van der Waals surface area contributed by atoms with E-state index in [1.54, 1.807) is 0 Å². The number of aromatic nitrogens is 3. The summed E-state index contributed by atoms with van der Waals surface area (Å²) >= 11 is 0. The second-order valence-electron chi connectivity index (χ2n) is 12.7. The van der Waals surface area contributed by atoms with Crippen molar-refractivity contribution in [1.29, 1.82) is 0 Å². The van der Waals surface area contributed by atoms with Gasteiger partial charge < -0.3 is 24.2 Å². The number of ether oxygens (including phenoxy) is 1. The van der Waals surface area contributed by atoms with Crippen LogP contribution in [0, 0.1) is 20.8 Å². The van der Waals surface area contributed by atoms with Crippen LogP contribution < -0.4 is 4.90 Å². The average molecular weight is 570 g/mol. The predicted molar refractivity (Wildman–Crippen MR) is 169 cm³/mol. The van der Waals surface area contributed by atoms with Gasteiger partial charge >= 0.3 is 5.97 Å². The van der Waals surface area contributed by atoms with Crippen molar-refractivity contribution >= 4 is 28.5 Å². The molecular weight excluding hydrogens is 526 g/mol. The molecule has 0 unspecified atom stereocenters. The van der Waals surface area contributed by atoms with Crippen molar-refractivity contribution in [1.82, 2.24) is 19.4 Å². The number of anilines is 2. The van der Waals surface area contributed by atoms with Crippen molar-refractivity contribution in [3.05, 3.63) is 70.7 Å². The number of carbonyl (C=O) groups is 1. The van der Waals surface area contributed by atoms with Crippen molar-refractivity contribution in [3.8, 4) is 11.1 Å². The lowest BCUT2D eigenvalue weighted by Gasteiger charge is -2.35. The van der Waals surface area contributed by atoms with Gasteiger partial charge in [-0.15, -0.1) is 0 Å². The molecule has 1 aliphatic rings. The molecule has 0 aliphatic carbocycles. The highest BCUT2D eigenvalue weighted by Gasteiger charge is 2.36. The number of hydrogen-bond acceptors (Lipinski definition) is 6. The van der Waals surface area contributed by atoms with E-state index in [4.69, 9.17) is 14.7 Å². The maximum atomic E-state index is 12.9. The molecule has 4 aromatic rings. The van der Waals surface area contributed by atoms with E-state index in [0.29, 0.717) is 18.1 Å². The maximum Gasteiger partial charge on any atom is 0.337 e. The van der Waals surface area contributed by atoms with Gasteiger partial charge in [-0.1, -0.05) is 29.8 Å². The molecule has 8 nitrogen and oxygen atoms in total. The zero-order valence-corrected chi connectivity index (χ0v) is 26.2. The summed E-state index contributed by atoms with van der Waals surface area (Å²) in [6.07, 6.45) is 4.65. The van der Waals surface area contributed by atoms with Crippen LogP contribution in [0.3, 0.4) is 0 Å². The summed E-state index contributed by atoms with van der Waals surface area (Å²) < 4.78 is 8.65. The fraction of sp³-hybridized carbons (Fsp3) is 0.441. The summed E-state index contributed by atoms with van der Waals surface area (Å²) in [5, 5.41) is 11.6. The minimum Gasteiger partial charge on any atom is -0.479 e. The van der Waals surface area contributed by atoms with Gasteiger partial charge in [-0.25, -0.2) is 14.8 Å². The molecule has 5 rings (SSSR count). The summed E-state index contributed by atoms with van der Waals surface area (Å²) in [6.45, 7) is 14.4. The molecular formula is C34H43N5O3. The van der Waals surface area contributed by atoms with Crippen LogP contribution >= 0.6 is 0 Å². The Balaban J connectivity index is 1.73. The summed E-state index contributed by atoms with van der Waals surface area (Å²) in [6, 6.07) is 10.5. The fourth-order valence-electron chi connectivity index (χ4n) is 6.05. The molecule has 0 saturated heterocycles. The van der Waals surface area contributed by atoms with Gasteiger partial charge in [0.1, 0.15) is 0 Å².